The van der Waals surface area contributed by atoms with Gasteiger partial charge in [-0.2, -0.15) is 0 Å². The fourth-order valence-electron chi connectivity index (χ4n) is 3.69. The average Bonchev–Trinajstić information content (AvgIpc) is 3.33. The van der Waals surface area contributed by atoms with Crippen LogP contribution in [0.5, 0.6) is 17.4 Å². The molecule has 2 N–H and O–H groups in total. The fourth-order valence-corrected chi connectivity index (χ4v) is 4.74. The second-order valence-corrected chi connectivity index (χ2v) is 10.3. The van der Waals surface area contributed by atoms with E-state index < -0.39 is 21.4 Å². The van der Waals surface area contributed by atoms with Crippen LogP contribution in [0.1, 0.15) is 24.3 Å². The zero-order chi connectivity index (χ0) is 27.4. The standard InChI is InChI=1S/C24H27N7O6S/c1-14-9-16(11-25-10-14)23-28-29-24(31(23)21-18(35-3)7-6-8-19(21)36-4)30-38(33,34)15(2)22(32)17-12-27-20(37-5)13-26-17/h6-13,15,22,32H,1-5H3,(H,29,30)/t15-,22-/m1/s1. The number of nitrogens with zero attached hydrogens (tertiary/aromatic N) is 6. The van der Waals surface area contributed by atoms with Crippen LogP contribution in [-0.2, 0) is 10.0 Å². The summed E-state index contributed by atoms with van der Waals surface area (Å²) in [6.07, 6.45) is 4.31. The Bertz CT molecular complexity index is 1500. The molecule has 0 radical (unpaired) electrons. The predicted molar refractivity (Wildman–Crippen MR) is 138 cm³/mol. The quantitative estimate of drug-likeness (QED) is 0.303. The first-order chi connectivity index (χ1) is 18.2. The molecule has 0 aliphatic carbocycles. The summed E-state index contributed by atoms with van der Waals surface area (Å²) in [5.41, 5.74) is 1.87. The number of aliphatic hydroxyl groups excluding tert-OH is 1. The Morgan fingerprint density at radius 2 is 1.68 bits per heavy atom. The van der Waals surface area contributed by atoms with Crippen LogP contribution in [0.25, 0.3) is 17.1 Å². The van der Waals surface area contributed by atoms with Gasteiger partial charge in [0, 0.05) is 18.0 Å². The topological polar surface area (TPSA) is 163 Å². The molecule has 2 atom stereocenters. The molecule has 14 heteroatoms. The molecule has 0 bridgehead atoms. The van der Waals surface area contributed by atoms with Gasteiger partial charge in [-0.3, -0.25) is 19.3 Å². The van der Waals surface area contributed by atoms with Crippen LogP contribution in [0.3, 0.4) is 0 Å². The van der Waals surface area contributed by atoms with E-state index >= 15 is 0 Å². The van der Waals surface area contributed by atoms with Crippen molar-refractivity contribution in [3.05, 3.63) is 60.3 Å². The van der Waals surface area contributed by atoms with E-state index in [1.807, 2.05) is 13.0 Å². The Labute approximate surface area is 219 Å². The number of methoxy groups -OCH3 is 3. The molecule has 0 fully saturated rings. The molecule has 0 unspecified atom stereocenters. The van der Waals surface area contributed by atoms with E-state index in [9.17, 15) is 13.5 Å². The summed E-state index contributed by atoms with van der Waals surface area (Å²) < 4.78 is 46.9. The van der Waals surface area contributed by atoms with E-state index in [0.717, 1.165) is 5.56 Å². The number of hydrogen-bond acceptors (Lipinski definition) is 11. The first-order valence-corrected chi connectivity index (χ1v) is 12.9. The fraction of sp³-hybridized carbons (Fsp3) is 0.292. The van der Waals surface area contributed by atoms with E-state index in [1.54, 1.807) is 30.6 Å². The van der Waals surface area contributed by atoms with Crippen LogP contribution in [0.15, 0.2) is 49.1 Å². The van der Waals surface area contributed by atoms with Crippen molar-refractivity contribution in [1.29, 1.82) is 0 Å². The molecule has 3 heterocycles. The summed E-state index contributed by atoms with van der Waals surface area (Å²) in [7, 11) is 0.141. The number of anilines is 1. The van der Waals surface area contributed by atoms with Gasteiger partial charge < -0.3 is 19.3 Å². The lowest BCUT2D eigenvalue weighted by Gasteiger charge is -2.21. The van der Waals surface area contributed by atoms with E-state index in [0.29, 0.717) is 22.7 Å². The monoisotopic (exact) mass is 541 g/mol. The maximum Gasteiger partial charge on any atom is 0.243 e. The highest BCUT2D eigenvalue weighted by Crippen LogP contribution is 2.38. The van der Waals surface area contributed by atoms with Gasteiger partial charge in [-0.15, -0.1) is 10.2 Å². The zero-order valence-electron chi connectivity index (χ0n) is 21.4. The molecule has 0 aliphatic heterocycles. The second kappa shape index (κ2) is 11.0. The number of aryl methyl sites for hydroxylation is 1. The second-order valence-electron chi connectivity index (χ2n) is 8.23. The van der Waals surface area contributed by atoms with E-state index in [4.69, 9.17) is 14.2 Å². The van der Waals surface area contributed by atoms with E-state index in [2.05, 4.69) is 29.9 Å². The van der Waals surface area contributed by atoms with Gasteiger partial charge in [0.05, 0.1) is 39.4 Å². The van der Waals surface area contributed by atoms with Crippen LogP contribution >= 0.6 is 0 Å². The third-order valence-electron chi connectivity index (χ3n) is 5.75. The number of aromatic nitrogens is 6. The van der Waals surface area contributed by atoms with Gasteiger partial charge in [-0.25, -0.2) is 13.4 Å². The van der Waals surface area contributed by atoms with Gasteiger partial charge in [0.25, 0.3) is 0 Å². The summed E-state index contributed by atoms with van der Waals surface area (Å²) in [5.74, 6) is 1.13. The number of benzene rings is 1. The Balaban J connectivity index is 1.81. The molecular weight excluding hydrogens is 514 g/mol. The van der Waals surface area contributed by atoms with Gasteiger partial charge in [-0.05, 0) is 37.6 Å². The molecule has 0 amide bonds. The molecular formula is C24H27N7O6S. The minimum atomic E-state index is -4.24. The van der Waals surface area contributed by atoms with Crippen molar-refractivity contribution >= 4 is 16.0 Å². The lowest BCUT2D eigenvalue weighted by atomic mass is 10.2. The van der Waals surface area contributed by atoms with Crippen LogP contribution in [-0.4, -0.2) is 69.8 Å². The summed E-state index contributed by atoms with van der Waals surface area (Å²) in [5, 5.41) is 17.8. The molecule has 4 rings (SSSR count). The normalized spacial score (nSPS) is 13.0. The van der Waals surface area contributed by atoms with Crippen molar-refractivity contribution in [1.82, 2.24) is 29.7 Å². The number of pyridine rings is 1. The molecule has 200 valence electrons. The summed E-state index contributed by atoms with van der Waals surface area (Å²) in [4.78, 5) is 12.3. The molecule has 4 aromatic rings. The van der Waals surface area contributed by atoms with Crippen LogP contribution < -0.4 is 18.9 Å². The van der Waals surface area contributed by atoms with Gasteiger partial charge in [0.15, 0.2) is 5.82 Å². The van der Waals surface area contributed by atoms with Crippen LogP contribution in [0.2, 0.25) is 0 Å². The molecule has 38 heavy (non-hydrogen) atoms. The highest BCUT2D eigenvalue weighted by molar-refractivity contribution is 7.93. The largest absolute Gasteiger partial charge is 0.494 e. The number of nitrogens with one attached hydrogen (secondary N) is 1. The Kier molecular flexibility index (Phi) is 7.73. The molecule has 0 aliphatic rings. The van der Waals surface area contributed by atoms with Crippen LogP contribution in [0.4, 0.5) is 5.95 Å². The molecule has 13 nitrogen and oxygen atoms in total. The first-order valence-electron chi connectivity index (χ1n) is 11.3. The van der Waals surface area contributed by atoms with Gasteiger partial charge in [0.2, 0.25) is 21.9 Å². The highest BCUT2D eigenvalue weighted by Gasteiger charge is 2.33. The zero-order valence-corrected chi connectivity index (χ0v) is 22.2. The van der Waals surface area contributed by atoms with E-state index in [-0.39, 0.29) is 23.3 Å². The average molecular weight is 542 g/mol. The molecule has 0 spiro atoms. The molecule has 3 aromatic heterocycles. The predicted octanol–water partition coefficient (Wildman–Crippen LogP) is 2.32. The number of sulfonamides is 1. The van der Waals surface area contributed by atoms with Crippen molar-refractivity contribution in [2.75, 3.05) is 26.1 Å². The minimum Gasteiger partial charge on any atom is -0.494 e. The number of para-hydroxylation sites is 1. The van der Waals surface area contributed by atoms with Crippen molar-refractivity contribution in [3.8, 4) is 34.5 Å². The molecule has 0 saturated carbocycles. The van der Waals surface area contributed by atoms with Gasteiger partial charge >= 0.3 is 0 Å². The summed E-state index contributed by atoms with van der Waals surface area (Å²) in [6.45, 7) is 3.21. The maximum absolute atomic E-state index is 13.4. The Morgan fingerprint density at radius 3 is 2.26 bits per heavy atom. The smallest absolute Gasteiger partial charge is 0.243 e. The lowest BCUT2D eigenvalue weighted by molar-refractivity contribution is 0.170. The highest BCUT2D eigenvalue weighted by atomic mass is 32.2. The third kappa shape index (κ3) is 5.21. The number of rotatable bonds is 10. The van der Waals surface area contributed by atoms with Crippen molar-refractivity contribution in [2.24, 2.45) is 0 Å². The van der Waals surface area contributed by atoms with Crippen molar-refractivity contribution < 1.29 is 27.7 Å². The van der Waals surface area contributed by atoms with Crippen LogP contribution in [0, 0.1) is 6.92 Å². The first kappa shape index (κ1) is 26.8. The summed E-state index contributed by atoms with van der Waals surface area (Å²) in [6, 6.07) is 6.96. The number of ether oxygens (including phenoxy) is 3. The SMILES string of the molecule is COc1cnc([C@H](O)[C@@H](C)S(=O)(=O)Nc2nnc(-c3cncc(C)c3)n2-c2c(OC)cccc2OC)cn1. The Morgan fingerprint density at radius 1 is 0.974 bits per heavy atom. The van der Waals surface area contributed by atoms with E-state index in [1.165, 1.54) is 45.2 Å². The van der Waals surface area contributed by atoms with Crippen molar-refractivity contribution in [2.45, 2.75) is 25.2 Å². The Hall–Kier alpha value is -4.30. The summed E-state index contributed by atoms with van der Waals surface area (Å²) >= 11 is 0. The van der Waals surface area contributed by atoms with Crippen molar-refractivity contribution in [3.63, 3.8) is 0 Å². The maximum atomic E-state index is 13.4. The van der Waals surface area contributed by atoms with Gasteiger partial charge in [-0.1, -0.05) is 6.07 Å². The minimum absolute atomic E-state index is 0.0584. The molecule has 0 saturated heterocycles. The third-order valence-corrected chi connectivity index (χ3v) is 7.45. The lowest BCUT2D eigenvalue weighted by Crippen LogP contribution is -2.32. The van der Waals surface area contributed by atoms with Gasteiger partial charge in [0.1, 0.15) is 28.5 Å². The number of hydrogen-bond donors (Lipinski definition) is 2. The number of aliphatic hydroxyl groups is 1. The molecule has 1 aromatic carbocycles.